The first-order chi connectivity index (χ1) is 13.9. The van der Waals surface area contributed by atoms with Crippen LogP contribution in [0.3, 0.4) is 0 Å². The molecule has 0 spiro atoms. The topological polar surface area (TPSA) is 95.6 Å². The van der Waals surface area contributed by atoms with Gasteiger partial charge in [-0.2, -0.15) is 0 Å². The van der Waals surface area contributed by atoms with Crippen molar-refractivity contribution in [3.8, 4) is 0 Å². The van der Waals surface area contributed by atoms with Gasteiger partial charge in [0.1, 0.15) is 0 Å². The number of carbonyl (C=O) groups excluding carboxylic acids is 4. The first kappa shape index (κ1) is 20.3. The van der Waals surface area contributed by atoms with Gasteiger partial charge in [-0.15, -0.1) is 0 Å². The molecular formula is C22H23N3O4. The lowest BCUT2D eigenvalue weighted by Gasteiger charge is -2.14. The highest BCUT2D eigenvalue weighted by Crippen LogP contribution is 2.19. The summed E-state index contributed by atoms with van der Waals surface area (Å²) in [6, 6.07) is 11.9. The maximum atomic E-state index is 12.6. The zero-order valence-electron chi connectivity index (χ0n) is 16.5. The number of benzene rings is 2. The minimum Gasteiger partial charge on any atom is -0.352 e. The van der Waals surface area contributed by atoms with Crippen LogP contribution >= 0.6 is 0 Å². The maximum Gasteiger partial charge on any atom is 0.255 e. The number of nitrogens with zero attached hydrogens (tertiary/aromatic N) is 1. The van der Waals surface area contributed by atoms with Gasteiger partial charge in [0.15, 0.2) is 0 Å². The summed E-state index contributed by atoms with van der Waals surface area (Å²) in [5.41, 5.74) is 3.10. The molecule has 7 heteroatoms. The number of nitrogens with one attached hydrogen (secondary N) is 2. The van der Waals surface area contributed by atoms with Gasteiger partial charge in [-0.25, -0.2) is 0 Å². The van der Waals surface area contributed by atoms with Crippen LogP contribution in [0.15, 0.2) is 42.5 Å². The molecule has 29 heavy (non-hydrogen) atoms. The van der Waals surface area contributed by atoms with E-state index in [0.29, 0.717) is 23.4 Å². The SMILES string of the molecule is CCNC(=O)c1ccc(C)c(NC(=O)c2ccc(CN3C(=O)CCC3=O)cc2)c1. The molecule has 1 heterocycles. The molecule has 2 aromatic carbocycles. The number of carbonyl (C=O) groups is 4. The Morgan fingerprint density at radius 1 is 0.931 bits per heavy atom. The Hall–Kier alpha value is -3.48. The molecule has 0 radical (unpaired) electrons. The molecule has 4 amide bonds. The van der Waals surface area contributed by atoms with Crippen molar-refractivity contribution in [1.82, 2.24) is 10.2 Å². The van der Waals surface area contributed by atoms with Gasteiger partial charge in [0.25, 0.3) is 11.8 Å². The Kier molecular flexibility index (Phi) is 6.07. The van der Waals surface area contributed by atoms with E-state index in [4.69, 9.17) is 0 Å². The first-order valence-electron chi connectivity index (χ1n) is 9.51. The number of amides is 4. The number of anilines is 1. The van der Waals surface area contributed by atoms with Crippen molar-refractivity contribution in [2.75, 3.05) is 11.9 Å². The molecular weight excluding hydrogens is 370 g/mol. The largest absolute Gasteiger partial charge is 0.352 e. The van der Waals surface area contributed by atoms with Crippen molar-refractivity contribution in [3.63, 3.8) is 0 Å². The van der Waals surface area contributed by atoms with E-state index in [-0.39, 0.29) is 43.0 Å². The molecule has 1 fully saturated rings. The lowest BCUT2D eigenvalue weighted by Crippen LogP contribution is -2.28. The number of likely N-dealkylation sites (tertiary alicyclic amines) is 1. The minimum atomic E-state index is -0.305. The van der Waals surface area contributed by atoms with Crippen molar-refractivity contribution in [2.24, 2.45) is 0 Å². The monoisotopic (exact) mass is 393 g/mol. The van der Waals surface area contributed by atoms with Gasteiger partial charge in [-0.3, -0.25) is 24.1 Å². The van der Waals surface area contributed by atoms with Gasteiger partial charge in [0, 0.05) is 36.2 Å². The second-order valence-corrected chi connectivity index (χ2v) is 6.91. The average molecular weight is 393 g/mol. The molecule has 0 aromatic heterocycles. The highest BCUT2D eigenvalue weighted by Gasteiger charge is 2.28. The normalized spacial score (nSPS) is 13.5. The van der Waals surface area contributed by atoms with Gasteiger partial charge < -0.3 is 10.6 Å². The zero-order chi connectivity index (χ0) is 21.0. The van der Waals surface area contributed by atoms with E-state index in [1.807, 2.05) is 13.8 Å². The van der Waals surface area contributed by atoms with Crippen LogP contribution in [0.25, 0.3) is 0 Å². The molecule has 0 saturated carbocycles. The van der Waals surface area contributed by atoms with E-state index >= 15 is 0 Å². The van der Waals surface area contributed by atoms with E-state index in [0.717, 1.165) is 11.1 Å². The third kappa shape index (κ3) is 4.68. The second-order valence-electron chi connectivity index (χ2n) is 6.91. The Morgan fingerprint density at radius 2 is 1.55 bits per heavy atom. The quantitative estimate of drug-likeness (QED) is 0.738. The van der Waals surface area contributed by atoms with Crippen molar-refractivity contribution in [1.29, 1.82) is 0 Å². The van der Waals surface area contributed by atoms with Crippen LogP contribution < -0.4 is 10.6 Å². The fourth-order valence-electron chi connectivity index (χ4n) is 3.10. The van der Waals surface area contributed by atoms with Crippen LogP contribution in [0.5, 0.6) is 0 Å². The molecule has 1 aliphatic rings. The predicted octanol–water partition coefficient (Wildman–Crippen LogP) is 2.65. The number of aryl methyl sites for hydroxylation is 1. The molecule has 0 aliphatic carbocycles. The van der Waals surface area contributed by atoms with Crippen LogP contribution in [-0.4, -0.2) is 35.1 Å². The number of hydrogen-bond acceptors (Lipinski definition) is 4. The maximum absolute atomic E-state index is 12.6. The molecule has 0 atom stereocenters. The summed E-state index contributed by atoms with van der Waals surface area (Å²) in [4.78, 5) is 49.3. The molecule has 2 N–H and O–H groups in total. The molecule has 2 aromatic rings. The van der Waals surface area contributed by atoms with Crippen molar-refractivity contribution >= 4 is 29.3 Å². The smallest absolute Gasteiger partial charge is 0.255 e. The number of rotatable bonds is 6. The average Bonchev–Trinajstić information content (AvgIpc) is 3.02. The fraction of sp³-hybridized carbons (Fsp3) is 0.273. The van der Waals surface area contributed by atoms with Crippen LogP contribution in [0.4, 0.5) is 5.69 Å². The van der Waals surface area contributed by atoms with E-state index in [9.17, 15) is 19.2 Å². The summed E-state index contributed by atoms with van der Waals surface area (Å²) in [6.45, 7) is 4.43. The first-order valence-corrected chi connectivity index (χ1v) is 9.51. The number of imide groups is 1. The fourth-order valence-corrected chi connectivity index (χ4v) is 3.10. The van der Waals surface area contributed by atoms with Gasteiger partial charge >= 0.3 is 0 Å². The highest BCUT2D eigenvalue weighted by atomic mass is 16.2. The van der Waals surface area contributed by atoms with E-state index in [1.165, 1.54) is 4.90 Å². The van der Waals surface area contributed by atoms with Gasteiger partial charge in [0.2, 0.25) is 11.8 Å². The zero-order valence-corrected chi connectivity index (χ0v) is 16.5. The third-order valence-electron chi connectivity index (χ3n) is 4.80. The van der Waals surface area contributed by atoms with E-state index in [1.54, 1.807) is 42.5 Å². The lowest BCUT2D eigenvalue weighted by atomic mass is 10.1. The van der Waals surface area contributed by atoms with Gasteiger partial charge in [-0.1, -0.05) is 18.2 Å². The lowest BCUT2D eigenvalue weighted by molar-refractivity contribution is -0.139. The van der Waals surface area contributed by atoms with Crippen molar-refractivity contribution < 1.29 is 19.2 Å². The van der Waals surface area contributed by atoms with Gasteiger partial charge in [-0.05, 0) is 49.2 Å². The van der Waals surface area contributed by atoms with Crippen LogP contribution in [0.2, 0.25) is 0 Å². The number of hydrogen-bond donors (Lipinski definition) is 2. The Morgan fingerprint density at radius 3 is 2.17 bits per heavy atom. The second kappa shape index (κ2) is 8.68. The summed E-state index contributed by atoms with van der Waals surface area (Å²) < 4.78 is 0. The Balaban J connectivity index is 1.69. The van der Waals surface area contributed by atoms with E-state index < -0.39 is 0 Å². The van der Waals surface area contributed by atoms with Crippen LogP contribution in [0.1, 0.15) is 51.6 Å². The molecule has 3 rings (SSSR count). The van der Waals surface area contributed by atoms with Crippen molar-refractivity contribution in [2.45, 2.75) is 33.2 Å². The van der Waals surface area contributed by atoms with E-state index in [2.05, 4.69) is 10.6 Å². The van der Waals surface area contributed by atoms with Crippen molar-refractivity contribution in [3.05, 3.63) is 64.7 Å². The molecule has 1 aliphatic heterocycles. The predicted molar refractivity (Wildman–Crippen MR) is 108 cm³/mol. The standard InChI is InChI=1S/C22H23N3O4/c1-3-23-21(28)17-7-4-14(2)18(12-17)24-22(29)16-8-5-15(6-9-16)13-25-19(26)10-11-20(25)27/h4-9,12H,3,10-11,13H2,1-2H3,(H,23,28)(H,24,29). The minimum absolute atomic E-state index is 0.167. The van der Waals surface area contributed by atoms with Crippen LogP contribution in [0, 0.1) is 6.92 Å². The molecule has 0 unspecified atom stereocenters. The molecule has 1 saturated heterocycles. The summed E-state index contributed by atoms with van der Waals surface area (Å²) in [5, 5.41) is 5.56. The molecule has 0 bridgehead atoms. The summed E-state index contributed by atoms with van der Waals surface area (Å²) >= 11 is 0. The molecule has 150 valence electrons. The third-order valence-corrected chi connectivity index (χ3v) is 4.80. The van der Waals surface area contributed by atoms with Crippen LogP contribution in [-0.2, 0) is 16.1 Å². The summed E-state index contributed by atoms with van der Waals surface area (Å²) in [5.74, 6) is -0.835. The summed E-state index contributed by atoms with van der Waals surface area (Å²) in [6.07, 6.45) is 0.516. The summed E-state index contributed by atoms with van der Waals surface area (Å²) in [7, 11) is 0. The Labute approximate surface area is 169 Å². The van der Waals surface area contributed by atoms with Gasteiger partial charge in [0.05, 0.1) is 6.54 Å². The Bertz CT molecular complexity index is 951. The highest BCUT2D eigenvalue weighted by molar-refractivity contribution is 6.05. The molecule has 7 nitrogen and oxygen atoms in total.